The van der Waals surface area contributed by atoms with Crippen molar-refractivity contribution in [2.75, 3.05) is 26.2 Å². The Bertz CT molecular complexity index is 730. The number of aryl methyl sites for hydroxylation is 2. The number of carbonyl (C=O) groups is 2. The molecule has 4 bridgehead atoms. The molecule has 4 saturated carbocycles. The molecule has 0 unspecified atom stereocenters. The quantitative estimate of drug-likeness (QED) is 0.793. The van der Waals surface area contributed by atoms with Gasteiger partial charge in [0.05, 0.1) is 5.41 Å². The van der Waals surface area contributed by atoms with Gasteiger partial charge >= 0.3 is 0 Å². The third kappa shape index (κ3) is 3.22. The Morgan fingerprint density at radius 1 is 0.964 bits per heavy atom. The summed E-state index contributed by atoms with van der Waals surface area (Å²) in [6, 6.07) is 0. The molecule has 2 heterocycles. The largest absolute Gasteiger partial charge is 0.426 e. The Hall–Kier alpha value is -1.92. The van der Waals surface area contributed by atoms with Crippen LogP contribution < -0.4 is 0 Å². The molecule has 0 spiro atoms. The molecule has 7 nitrogen and oxygen atoms in total. The van der Waals surface area contributed by atoms with Crippen molar-refractivity contribution in [3.05, 3.63) is 11.8 Å². The van der Waals surface area contributed by atoms with E-state index in [-0.39, 0.29) is 11.3 Å². The summed E-state index contributed by atoms with van der Waals surface area (Å²) < 4.78 is 5.34. The number of carbonyl (C=O) groups excluding carboxylic acids is 2. The van der Waals surface area contributed by atoms with Gasteiger partial charge in [0.25, 0.3) is 0 Å². The molecule has 6 rings (SSSR count). The molecule has 0 aromatic carbocycles. The third-order valence-corrected chi connectivity index (χ3v) is 7.53. The maximum Gasteiger partial charge on any atom is 0.228 e. The first kappa shape index (κ1) is 18.1. The van der Waals surface area contributed by atoms with Gasteiger partial charge in [-0.2, -0.15) is 0 Å². The molecular formula is C21H30N4O3. The van der Waals surface area contributed by atoms with Gasteiger partial charge in [0, 0.05) is 45.9 Å². The highest BCUT2D eigenvalue weighted by Crippen LogP contribution is 2.60. The first-order chi connectivity index (χ1) is 13.5. The van der Waals surface area contributed by atoms with E-state index in [1.54, 1.807) is 6.92 Å². The topological polar surface area (TPSA) is 79.5 Å². The Kier molecular flexibility index (Phi) is 4.43. The first-order valence-electron chi connectivity index (χ1n) is 10.9. The van der Waals surface area contributed by atoms with Crippen molar-refractivity contribution in [1.82, 2.24) is 20.0 Å². The average Bonchev–Trinajstić information content (AvgIpc) is 3.10. The molecule has 5 fully saturated rings. The molecule has 1 aromatic rings. The molecule has 1 aliphatic heterocycles. The van der Waals surface area contributed by atoms with Crippen LogP contribution in [0.15, 0.2) is 4.42 Å². The van der Waals surface area contributed by atoms with Crippen molar-refractivity contribution >= 4 is 11.8 Å². The van der Waals surface area contributed by atoms with Gasteiger partial charge in [0.2, 0.25) is 23.6 Å². The number of rotatable bonds is 4. The second-order valence-electron chi connectivity index (χ2n) is 9.59. The van der Waals surface area contributed by atoms with Gasteiger partial charge in [-0.1, -0.05) is 0 Å². The number of aromatic nitrogens is 2. The van der Waals surface area contributed by atoms with E-state index in [9.17, 15) is 9.59 Å². The molecular weight excluding hydrogens is 356 g/mol. The Morgan fingerprint density at radius 2 is 1.54 bits per heavy atom. The van der Waals surface area contributed by atoms with Crippen molar-refractivity contribution in [3.63, 3.8) is 0 Å². The lowest BCUT2D eigenvalue weighted by Gasteiger charge is -2.57. The summed E-state index contributed by atoms with van der Waals surface area (Å²) in [5.41, 5.74) is -0.0727. The summed E-state index contributed by atoms with van der Waals surface area (Å²) in [7, 11) is 0. The van der Waals surface area contributed by atoms with Crippen LogP contribution in [0.5, 0.6) is 0 Å². The Morgan fingerprint density at radius 3 is 2.07 bits per heavy atom. The minimum absolute atomic E-state index is 0.0727. The fourth-order valence-electron chi connectivity index (χ4n) is 6.68. The maximum absolute atomic E-state index is 13.4. The summed E-state index contributed by atoms with van der Waals surface area (Å²) in [5, 5.41) is 7.75. The van der Waals surface area contributed by atoms with Crippen LogP contribution >= 0.6 is 0 Å². The monoisotopic (exact) mass is 386 g/mol. The minimum Gasteiger partial charge on any atom is -0.426 e. The third-order valence-electron chi connectivity index (χ3n) is 7.53. The lowest BCUT2D eigenvalue weighted by Crippen LogP contribution is -2.58. The molecule has 5 aliphatic rings. The van der Waals surface area contributed by atoms with Crippen molar-refractivity contribution in [2.24, 2.45) is 23.2 Å². The average molecular weight is 386 g/mol. The van der Waals surface area contributed by atoms with Gasteiger partial charge in [0.15, 0.2) is 0 Å². The predicted molar refractivity (Wildman–Crippen MR) is 101 cm³/mol. The minimum atomic E-state index is -0.0727. The molecule has 4 aliphatic carbocycles. The highest BCUT2D eigenvalue weighted by molar-refractivity contribution is 5.84. The van der Waals surface area contributed by atoms with Gasteiger partial charge in [-0.15, -0.1) is 10.2 Å². The summed E-state index contributed by atoms with van der Waals surface area (Å²) in [4.78, 5) is 29.9. The molecule has 1 saturated heterocycles. The van der Waals surface area contributed by atoms with Crippen molar-refractivity contribution < 1.29 is 14.0 Å². The molecule has 0 radical (unpaired) electrons. The van der Waals surface area contributed by atoms with Crippen molar-refractivity contribution in [2.45, 2.75) is 58.3 Å². The Labute approximate surface area is 165 Å². The van der Waals surface area contributed by atoms with Gasteiger partial charge in [-0.25, -0.2) is 0 Å². The molecule has 0 atom stereocenters. The summed E-state index contributed by atoms with van der Waals surface area (Å²) >= 11 is 0. The van der Waals surface area contributed by atoms with E-state index in [4.69, 9.17) is 4.42 Å². The van der Waals surface area contributed by atoms with E-state index >= 15 is 0 Å². The summed E-state index contributed by atoms with van der Waals surface area (Å²) in [6.45, 7) is 4.37. The van der Waals surface area contributed by atoms with Crippen molar-refractivity contribution in [3.8, 4) is 0 Å². The van der Waals surface area contributed by atoms with Gasteiger partial charge in [0.1, 0.15) is 0 Å². The normalized spacial score (nSPS) is 34.1. The van der Waals surface area contributed by atoms with E-state index in [2.05, 4.69) is 15.1 Å². The van der Waals surface area contributed by atoms with Gasteiger partial charge < -0.3 is 14.2 Å². The van der Waals surface area contributed by atoms with Gasteiger partial charge in [-0.05, 0) is 56.3 Å². The molecule has 2 amide bonds. The lowest BCUT2D eigenvalue weighted by atomic mass is 9.49. The highest BCUT2D eigenvalue weighted by atomic mass is 16.4. The number of nitrogens with zero attached hydrogens (tertiary/aromatic N) is 4. The number of amides is 2. The van der Waals surface area contributed by atoms with Crippen LogP contribution in [0.2, 0.25) is 0 Å². The smallest absolute Gasteiger partial charge is 0.228 e. The first-order valence-corrected chi connectivity index (χ1v) is 10.9. The van der Waals surface area contributed by atoms with Crippen LogP contribution in [-0.2, 0) is 16.0 Å². The van der Waals surface area contributed by atoms with E-state index in [0.29, 0.717) is 56.7 Å². The zero-order valence-corrected chi connectivity index (χ0v) is 16.7. The van der Waals surface area contributed by atoms with Crippen LogP contribution in [0.1, 0.15) is 56.7 Å². The second-order valence-corrected chi connectivity index (χ2v) is 9.59. The van der Waals surface area contributed by atoms with Gasteiger partial charge in [-0.3, -0.25) is 9.59 Å². The van der Waals surface area contributed by atoms with Crippen LogP contribution in [0, 0.1) is 30.1 Å². The Balaban J connectivity index is 1.15. The standard InChI is InChI=1S/C21H30N4O3/c1-14-22-23-18(28-14)2-3-19(26)24-4-6-25(7-5-24)20(27)21-11-15-8-16(12-21)10-17(9-15)13-21/h15-17H,2-13H2,1H3. The molecule has 7 heteroatoms. The zero-order valence-electron chi connectivity index (χ0n) is 16.7. The van der Waals surface area contributed by atoms with Crippen molar-refractivity contribution in [1.29, 1.82) is 0 Å². The molecule has 1 aromatic heterocycles. The molecule has 0 N–H and O–H groups in total. The molecule has 28 heavy (non-hydrogen) atoms. The summed E-state index contributed by atoms with van der Waals surface area (Å²) in [6.07, 6.45) is 8.26. The lowest BCUT2D eigenvalue weighted by molar-refractivity contribution is -0.160. The highest BCUT2D eigenvalue weighted by Gasteiger charge is 2.55. The van der Waals surface area contributed by atoms with E-state index in [1.165, 1.54) is 19.3 Å². The van der Waals surface area contributed by atoms with E-state index in [0.717, 1.165) is 37.0 Å². The fraction of sp³-hybridized carbons (Fsp3) is 0.810. The fourth-order valence-corrected chi connectivity index (χ4v) is 6.68. The van der Waals surface area contributed by atoms with E-state index < -0.39 is 0 Å². The molecule has 152 valence electrons. The SMILES string of the molecule is Cc1nnc(CCC(=O)N2CCN(C(=O)C34CC5CC(CC(C5)C3)C4)CC2)o1. The van der Waals surface area contributed by atoms with Crippen LogP contribution in [0.25, 0.3) is 0 Å². The van der Waals surface area contributed by atoms with Crippen LogP contribution in [0.4, 0.5) is 0 Å². The number of hydrogen-bond donors (Lipinski definition) is 0. The zero-order chi connectivity index (χ0) is 19.3. The van der Waals surface area contributed by atoms with Crippen LogP contribution in [-0.4, -0.2) is 58.0 Å². The van der Waals surface area contributed by atoms with E-state index in [1.807, 2.05) is 4.90 Å². The maximum atomic E-state index is 13.4. The second kappa shape index (κ2) is 6.85. The number of hydrogen-bond acceptors (Lipinski definition) is 5. The van der Waals surface area contributed by atoms with Crippen LogP contribution in [0.3, 0.4) is 0 Å². The predicted octanol–water partition coefficient (Wildman–Crippen LogP) is 2.20. The number of piperazine rings is 1. The summed E-state index contributed by atoms with van der Waals surface area (Å²) in [5.74, 6) is 3.89.